The minimum absolute atomic E-state index is 0.509. The zero-order valence-electron chi connectivity index (χ0n) is 13.5. The first-order chi connectivity index (χ1) is 9.83. The third-order valence-corrected chi connectivity index (χ3v) is 4.77. The van der Waals surface area contributed by atoms with Gasteiger partial charge in [0.25, 0.3) is 0 Å². The molecule has 114 valence electrons. The van der Waals surface area contributed by atoms with E-state index in [2.05, 4.69) is 49.8 Å². The third-order valence-electron chi connectivity index (χ3n) is 3.96. The predicted octanol–water partition coefficient (Wildman–Crippen LogP) is 5.81. The number of unbranched alkanes of at least 4 members (excludes halogenated alkanes) is 6. The van der Waals surface area contributed by atoms with Gasteiger partial charge in [0.2, 0.25) is 0 Å². The molecule has 1 N–H and O–H groups in total. The Morgan fingerprint density at radius 3 is 2.30 bits per heavy atom. The topological polar surface area (TPSA) is 12.0 Å². The molecule has 1 rings (SSSR count). The van der Waals surface area contributed by atoms with E-state index in [1.165, 1.54) is 61.8 Å². The molecule has 0 aliphatic carbocycles. The first-order valence-electron chi connectivity index (χ1n) is 8.13. The van der Waals surface area contributed by atoms with Gasteiger partial charge in [-0.1, -0.05) is 70.1 Å². The summed E-state index contributed by atoms with van der Waals surface area (Å²) in [6.07, 6.45) is 13.1. The quantitative estimate of drug-likeness (QED) is 0.408. The summed E-state index contributed by atoms with van der Waals surface area (Å²) in [5, 5.41) is 3.49. The van der Waals surface area contributed by atoms with E-state index >= 15 is 0 Å². The molecule has 0 fully saturated rings. The predicted molar refractivity (Wildman–Crippen MR) is 92.6 cm³/mol. The fourth-order valence-corrected chi connectivity index (χ4v) is 3.38. The third kappa shape index (κ3) is 6.32. The van der Waals surface area contributed by atoms with E-state index in [9.17, 15) is 0 Å². The van der Waals surface area contributed by atoms with Crippen molar-refractivity contribution < 1.29 is 0 Å². The SMILES string of the molecule is CCCCCCCCCC(NC)c1ccccc1SC. The van der Waals surface area contributed by atoms with Crippen LogP contribution < -0.4 is 5.32 Å². The van der Waals surface area contributed by atoms with Crippen LogP contribution >= 0.6 is 11.8 Å². The van der Waals surface area contributed by atoms with Gasteiger partial charge in [0.15, 0.2) is 0 Å². The molecular weight excluding hydrogens is 262 g/mol. The van der Waals surface area contributed by atoms with Crippen molar-refractivity contribution in [1.29, 1.82) is 0 Å². The zero-order valence-corrected chi connectivity index (χ0v) is 14.3. The molecule has 1 aromatic rings. The smallest absolute Gasteiger partial charge is 0.0328 e. The van der Waals surface area contributed by atoms with Crippen LogP contribution in [0.5, 0.6) is 0 Å². The number of benzene rings is 1. The maximum atomic E-state index is 3.49. The molecule has 0 aromatic heterocycles. The molecule has 1 unspecified atom stereocenters. The van der Waals surface area contributed by atoms with Gasteiger partial charge in [-0.05, 0) is 31.4 Å². The van der Waals surface area contributed by atoms with Crippen molar-refractivity contribution in [3.63, 3.8) is 0 Å². The van der Waals surface area contributed by atoms with Gasteiger partial charge in [-0.3, -0.25) is 0 Å². The van der Waals surface area contributed by atoms with Gasteiger partial charge in [0.05, 0.1) is 0 Å². The Hall–Kier alpha value is -0.470. The summed E-state index contributed by atoms with van der Waals surface area (Å²) in [5.41, 5.74) is 1.47. The summed E-state index contributed by atoms with van der Waals surface area (Å²) < 4.78 is 0. The van der Waals surface area contributed by atoms with Crippen LogP contribution in [-0.4, -0.2) is 13.3 Å². The van der Waals surface area contributed by atoms with Crippen molar-refractivity contribution in [3.8, 4) is 0 Å². The summed E-state index contributed by atoms with van der Waals surface area (Å²) in [5.74, 6) is 0. The van der Waals surface area contributed by atoms with Crippen molar-refractivity contribution >= 4 is 11.8 Å². The molecule has 1 atom stereocenters. The highest BCUT2D eigenvalue weighted by Crippen LogP contribution is 2.28. The largest absolute Gasteiger partial charge is 0.313 e. The maximum Gasteiger partial charge on any atom is 0.0328 e. The lowest BCUT2D eigenvalue weighted by Crippen LogP contribution is -2.17. The van der Waals surface area contributed by atoms with Gasteiger partial charge in [-0.2, -0.15) is 0 Å². The molecule has 1 nitrogen and oxygen atoms in total. The Labute approximate surface area is 129 Å². The second-order valence-corrected chi connectivity index (χ2v) is 6.34. The van der Waals surface area contributed by atoms with Crippen molar-refractivity contribution in [3.05, 3.63) is 29.8 Å². The lowest BCUT2D eigenvalue weighted by Gasteiger charge is -2.19. The molecule has 0 amide bonds. The number of hydrogen-bond donors (Lipinski definition) is 1. The van der Waals surface area contributed by atoms with E-state index in [4.69, 9.17) is 0 Å². The second kappa shape index (κ2) is 11.2. The minimum Gasteiger partial charge on any atom is -0.313 e. The lowest BCUT2D eigenvalue weighted by atomic mass is 9.99. The fraction of sp³-hybridized carbons (Fsp3) is 0.667. The Balaban J connectivity index is 2.32. The van der Waals surface area contributed by atoms with Crippen LogP contribution in [0.15, 0.2) is 29.2 Å². The van der Waals surface area contributed by atoms with Crippen molar-refractivity contribution in [2.24, 2.45) is 0 Å². The summed E-state index contributed by atoms with van der Waals surface area (Å²) in [4.78, 5) is 1.41. The van der Waals surface area contributed by atoms with E-state index < -0.39 is 0 Å². The molecule has 0 bridgehead atoms. The van der Waals surface area contributed by atoms with Crippen LogP contribution in [0.3, 0.4) is 0 Å². The molecule has 0 aliphatic heterocycles. The lowest BCUT2D eigenvalue weighted by molar-refractivity contribution is 0.491. The van der Waals surface area contributed by atoms with E-state index in [0.717, 1.165) is 0 Å². The van der Waals surface area contributed by atoms with Gasteiger partial charge >= 0.3 is 0 Å². The Morgan fingerprint density at radius 1 is 1.00 bits per heavy atom. The number of nitrogens with one attached hydrogen (secondary N) is 1. The number of rotatable bonds is 11. The summed E-state index contributed by atoms with van der Waals surface area (Å²) in [7, 11) is 2.09. The molecule has 0 radical (unpaired) electrons. The van der Waals surface area contributed by atoms with E-state index in [1.807, 2.05) is 11.8 Å². The van der Waals surface area contributed by atoms with Crippen LogP contribution in [0.25, 0.3) is 0 Å². The van der Waals surface area contributed by atoms with Crippen molar-refractivity contribution in [2.45, 2.75) is 69.2 Å². The first-order valence-corrected chi connectivity index (χ1v) is 9.36. The highest BCUT2D eigenvalue weighted by molar-refractivity contribution is 7.98. The second-order valence-electron chi connectivity index (χ2n) is 5.49. The Bertz CT molecular complexity index is 351. The van der Waals surface area contributed by atoms with Crippen molar-refractivity contribution in [2.75, 3.05) is 13.3 Å². The van der Waals surface area contributed by atoms with Gasteiger partial charge in [-0.15, -0.1) is 11.8 Å². The average molecular weight is 294 g/mol. The standard InChI is InChI=1S/C18H31NS/c1-4-5-6-7-8-9-10-14-17(19-2)16-13-11-12-15-18(16)20-3/h11-13,15,17,19H,4-10,14H2,1-3H3. The van der Waals surface area contributed by atoms with E-state index in [1.54, 1.807) is 0 Å². The molecule has 0 saturated heterocycles. The van der Waals surface area contributed by atoms with E-state index in [0.29, 0.717) is 6.04 Å². The number of thioether (sulfide) groups is 1. The van der Waals surface area contributed by atoms with Gasteiger partial charge in [0.1, 0.15) is 0 Å². The van der Waals surface area contributed by atoms with Crippen LogP contribution in [0.2, 0.25) is 0 Å². The monoisotopic (exact) mass is 293 g/mol. The Morgan fingerprint density at radius 2 is 1.65 bits per heavy atom. The van der Waals surface area contributed by atoms with Gasteiger partial charge in [-0.25, -0.2) is 0 Å². The van der Waals surface area contributed by atoms with Crippen LogP contribution in [0, 0.1) is 0 Å². The maximum absolute atomic E-state index is 3.49. The average Bonchev–Trinajstić information content (AvgIpc) is 2.50. The minimum atomic E-state index is 0.509. The highest BCUT2D eigenvalue weighted by atomic mass is 32.2. The van der Waals surface area contributed by atoms with Gasteiger partial charge < -0.3 is 5.32 Å². The normalized spacial score (nSPS) is 12.6. The first kappa shape index (κ1) is 17.6. The molecule has 20 heavy (non-hydrogen) atoms. The highest BCUT2D eigenvalue weighted by Gasteiger charge is 2.12. The molecule has 1 aromatic carbocycles. The zero-order chi connectivity index (χ0) is 14.6. The molecule has 0 spiro atoms. The molecular formula is C18H31NS. The summed E-state index contributed by atoms with van der Waals surface area (Å²) >= 11 is 1.85. The Kier molecular flexibility index (Phi) is 9.86. The van der Waals surface area contributed by atoms with Gasteiger partial charge in [0, 0.05) is 10.9 Å². The number of hydrogen-bond acceptors (Lipinski definition) is 2. The fourth-order valence-electron chi connectivity index (χ4n) is 2.72. The van der Waals surface area contributed by atoms with Crippen LogP contribution in [0.4, 0.5) is 0 Å². The molecule has 0 saturated carbocycles. The summed E-state index contributed by atoms with van der Waals surface area (Å²) in [6, 6.07) is 9.30. The molecule has 0 aliphatic rings. The van der Waals surface area contributed by atoms with E-state index in [-0.39, 0.29) is 0 Å². The molecule has 0 heterocycles. The van der Waals surface area contributed by atoms with Crippen LogP contribution in [-0.2, 0) is 0 Å². The van der Waals surface area contributed by atoms with Crippen LogP contribution in [0.1, 0.15) is 69.9 Å². The van der Waals surface area contributed by atoms with Crippen molar-refractivity contribution in [1.82, 2.24) is 5.32 Å². The summed E-state index contributed by atoms with van der Waals surface area (Å²) in [6.45, 7) is 2.28. The molecule has 2 heteroatoms.